The number of hydrogen-bond acceptors (Lipinski definition) is 4. The second-order valence-electron chi connectivity index (χ2n) is 4.86. The second-order valence-corrected chi connectivity index (χ2v) is 5.21. The van der Waals surface area contributed by atoms with Gasteiger partial charge < -0.3 is 9.30 Å². The van der Waals surface area contributed by atoms with Crippen molar-refractivity contribution in [1.82, 2.24) is 9.55 Å². The number of halogens is 2. The van der Waals surface area contributed by atoms with E-state index in [0.717, 1.165) is 12.8 Å². The van der Waals surface area contributed by atoms with Crippen molar-refractivity contribution >= 4 is 28.5 Å². The molecule has 2 aromatic heterocycles. The van der Waals surface area contributed by atoms with Crippen molar-refractivity contribution < 1.29 is 13.9 Å². The van der Waals surface area contributed by atoms with Gasteiger partial charge in [-0.2, -0.15) is 0 Å². The van der Waals surface area contributed by atoms with E-state index in [2.05, 4.69) is 4.98 Å². The van der Waals surface area contributed by atoms with Gasteiger partial charge in [0.25, 0.3) is 0 Å². The van der Waals surface area contributed by atoms with Gasteiger partial charge in [-0.1, -0.05) is 11.6 Å². The van der Waals surface area contributed by atoms with Gasteiger partial charge in [0.05, 0.1) is 17.5 Å². The Labute approximate surface area is 124 Å². The minimum absolute atomic E-state index is 0.0364. The molecule has 1 saturated carbocycles. The zero-order valence-electron chi connectivity index (χ0n) is 11.2. The average molecular weight is 311 g/mol. The van der Waals surface area contributed by atoms with E-state index in [1.54, 1.807) is 11.5 Å². The minimum Gasteiger partial charge on any atom is -0.462 e. The SMILES string of the molecule is CCOC(=O)c1cn(C2CC2)c2c(F)c(Cl)ncc2c1=O. The summed E-state index contributed by atoms with van der Waals surface area (Å²) in [4.78, 5) is 27.9. The molecule has 0 radical (unpaired) electrons. The lowest BCUT2D eigenvalue weighted by molar-refractivity contribution is 0.0524. The normalized spacial score (nSPS) is 14.4. The third-order valence-corrected chi connectivity index (χ3v) is 3.67. The van der Waals surface area contributed by atoms with Crippen LogP contribution in [0.5, 0.6) is 0 Å². The van der Waals surface area contributed by atoms with Crippen LogP contribution in [-0.2, 0) is 4.74 Å². The molecule has 0 unspecified atom stereocenters. The zero-order chi connectivity index (χ0) is 15.1. The van der Waals surface area contributed by atoms with Crippen LogP contribution in [0.15, 0.2) is 17.2 Å². The predicted molar refractivity (Wildman–Crippen MR) is 75.2 cm³/mol. The molecule has 0 N–H and O–H groups in total. The molecule has 0 amide bonds. The van der Waals surface area contributed by atoms with Crippen LogP contribution in [0.2, 0.25) is 5.15 Å². The standard InChI is InChI=1S/C14H12ClFN2O3/c1-2-21-14(20)9-6-18(7-3-4-7)11-8(12(9)19)5-17-13(15)10(11)16/h5-7H,2-4H2,1H3. The third kappa shape index (κ3) is 2.29. The molecule has 2 heterocycles. The highest BCUT2D eigenvalue weighted by Gasteiger charge is 2.29. The van der Waals surface area contributed by atoms with E-state index in [0.29, 0.717) is 0 Å². The fourth-order valence-electron chi connectivity index (χ4n) is 2.28. The van der Waals surface area contributed by atoms with E-state index in [1.165, 1.54) is 12.4 Å². The molecule has 2 aromatic rings. The van der Waals surface area contributed by atoms with Crippen LogP contribution in [0.3, 0.4) is 0 Å². The predicted octanol–water partition coefficient (Wildman–Crippen LogP) is 2.70. The molecular weight excluding hydrogens is 299 g/mol. The van der Waals surface area contributed by atoms with Crippen molar-refractivity contribution in [3.63, 3.8) is 0 Å². The van der Waals surface area contributed by atoms with Crippen molar-refractivity contribution in [3.05, 3.63) is 39.2 Å². The van der Waals surface area contributed by atoms with E-state index in [1.807, 2.05) is 0 Å². The van der Waals surface area contributed by atoms with E-state index in [4.69, 9.17) is 16.3 Å². The van der Waals surface area contributed by atoms with Crippen molar-refractivity contribution in [1.29, 1.82) is 0 Å². The summed E-state index contributed by atoms with van der Waals surface area (Å²) in [7, 11) is 0. The Bertz CT molecular complexity index is 799. The maximum absolute atomic E-state index is 14.2. The molecule has 110 valence electrons. The molecule has 1 fully saturated rings. The molecule has 1 aliphatic carbocycles. The van der Waals surface area contributed by atoms with Gasteiger partial charge in [-0.15, -0.1) is 0 Å². The number of esters is 1. The highest BCUT2D eigenvalue weighted by molar-refractivity contribution is 6.30. The third-order valence-electron chi connectivity index (χ3n) is 3.40. The Hall–Kier alpha value is -1.95. The fourth-order valence-corrected chi connectivity index (χ4v) is 2.41. The number of ether oxygens (including phenoxy) is 1. The first-order chi connectivity index (χ1) is 10.0. The molecule has 0 atom stereocenters. The van der Waals surface area contributed by atoms with E-state index < -0.39 is 17.2 Å². The monoisotopic (exact) mass is 310 g/mol. The molecule has 0 aliphatic heterocycles. The lowest BCUT2D eigenvalue weighted by Crippen LogP contribution is -2.21. The number of hydrogen-bond donors (Lipinski definition) is 0. The summed E-state index contributed by atoms with van der Waals surface area (Å²) in [6, 6.07) is 0.0641. The first-order valence-electron chi connectivity index (χ1n) is 6.60. The van der Waals surface area contributed by atoms with Crippen LogP contribution in [0.25, 0.3) is 10.9 Å². The molecule has 5 nitrogen and oxygen atoms in total. The van der Waals surface area contributed by atoms with Gasteiger partial charge in [-0.3, -0.25) is 4.79 Å². The quantitative estimate of drug-likeness (QED) is 0.646. The molecule has 7 heteroatoms. The molecule has 3 rings (SSSR count). The minimum atomic E-state index is -0.742. The van der Waals surface area contributed by atoms with E-state index in [9.17, 15) is 14.0 Å². The topological polar surface area (TPSA) is 61.2 Å². The number of aromatic nitrogens is 2. The molecule has 0 saturated heterocycles. The van der Waals surface area contributed by atoms with Crippen molar-refractivity contribution in [2.45, 2.75) is 25.8 Å². The molecule has 0 spiro atoms. The fraction of sp³-hybridized carbons (Fsp3) is 0.357. The summed E-state index contributed by atoms with van der Waals surface area (Å²) in [5.41, 5.74) is -0.612. The Balaban J connectivity index is 2.34. The van der Waals surface area contributed by atoms with Gasteiger partial charge in [0.15, 0.2) is 11.0 Å². The Kier molecular flexibility index (Phi) is 3.41. The summed E-state index contributed by atoms with van der Waals surface area (Å²) in [5.74, 6) is -1.46. The average Bonchev–Trinajstić information content (AvgIpc) is 3.28. The summed E-state index contributed by atoms with van der Waals surface area (Å²) in [6.07, 6.45) is 4.28. The van der Waals surface area contributed by atoms with Crippen LogP contribution in [0, 0.1) is 5.82 Å². The number of rotatable bonds is 3. The zero-order valence-corrected chi connectivity index (χ0v) is 12.0. The van der Waals surface area contributed by atoms with Gasteiger partial charge in [0, 0.05) is 18.4 Å². The van der Waals surface area contributed by atoms with E-state index >= 15 is 0 Å². The lowest BCUT2D eigenvalue weighted by Gasteiger charge is -2.13. The second kappa shape index (κ2) is 5.11. The van der Waals surface area contributed by atoms with Crippen LogP contribution in [-0.4, -0.2) is 22.1 Å². The lowest BCUT2D eigenvalue weighted by atomic mass is 10.1. The summed E-state index contributed by atoms with van der Waals surface area (Å²) in [6.45, 7) is 1.81. The highest BCUT2D eigenvalue weighted by Crippen LogP contribution is 2.38. The van der Waals surface area contributed by atoms with Crippen LogP contribution >= 0.6 is 11.6 Å². The number of fused-ring (bicyclic) bond motifs is 1. The van der Waals surface area contributed by atoms with Gasteiger partial charge >= 0.3 is 5.97 Å². The first-order valence-corrected chi connectivity index (χ1v) is 6.98. The number of nitrogens with zero attached hydrogens (tertiary/aromatic N) is 2. The molecule has 0 bridgehead atoms. The molecule has 21 heavy (non-hydrogen) atoms. The number of carbonyl (C=O) groups excluding carboxylic acids is 1. The summed E-state index contributed by atoms with van der Waals surface area (Å²) in [5, 5.41) is -0.255. The van der Waals surface area contributed by atoms with Gasteiger partial charge in [-0.05, 0) is 19.8 Å². The van der Waals surface area contributed by atoms with Crippen molar-refractivity contribution in [2.75, 3.05) is 6.61 Å². The van der Waals surface area contributed by atoms with Crippen LogP contribution < -0.4 is 5.43 Å². The number of carbonyl (C=O) groups is 1. The maximum atomic E-state index is 14.2. The Morgan fingerprint density at radius 3 is 2.90 bits per heavy atom. The van der Waals surface area contributed by atoms with Crippen molar-refractivity contribution in [3.8, 4) is 0 Å². The van der Waals surface area contributed by atoms with Gasteiger partial charge in [0.2, 0.25) is 5.43 Å². The van der Waals surface area contributed by atoms with Crippen LogP contribution in [0.1, 0.15) is 36.2 Å². The maximum Gasteiger partial charge on any atom is 0.343 e. The van der Waals surface area contributed by atoms with Crippen molar-refractivity contribution in [2.24, 2.45) is 0 Å². The smallest absolute Gasteiger partial charge is 0.343 e. The Morgan fingerprint density at radius 1 is 1.57 bits per heavy atom. The largest absolute Gasteiger partial charge is 0.462 e. The first kappa shape index (κ1) is 14.0. The molecule has 0 aromatic carbocycles. The molecule has 1 aliphatic rings. The van der Waals surface area contributed by atoms with Gasteiger partial charge in [0.1, 0.15) is 5.56 Å². The van der Waals surface area contributed by atoms with E-state index in [-0.39, 0.29) is 34.3 Å². The highest BCUT2D eigenvalue weighted by atomic mass is 35.5. The number of pyridine rings is 2. The Morgan fingerprint density at radius 2 is 2.29 bits per heavy atom. The summed E-state index contributed by atoms with van der Waals surface area (Å²) < 4.78 is 20.7. The van der Waals surface area contributed by atoms with Gasteiger partial charge in [-0.25, -0.2) is 14.2 Å². The summed E-state index contributed by atoms with van der Waals surface area (Å²) >= 11 is 5.70. The molecular formula is C14H12ClFN2O3. The van der Waals surface area contributed by atoms with Crippen LogP contribution in [0.4, 0.5) is 4.39 Å².